The molecule has 0 unspecified atom stereocenters. The van der Waals surface area contributed by atoms with Gasteiger partial charge in [-0.3, -0.25) is 4.79 Å². The number of methoxy groups -OCH3 is 1. The number of nitrogens with zero attached hydrogens (tertiary/aromatic N) is 2. The van der Waals surface area contributed by atoms with E-state index in [2.05, 4.69) is 11.4 Å². The number of fused-ring (bicyclic) bond motifs is 1. The second-order valence-electron chi connectivity index (χ2n) is 5.73. The highest BCUT2D eigenvalue weighted by Crippen LogP contribution is 2.26. The summed E-state index contributed by atoms with van der Waals surface area (Å²) in [5.74, 6) is -0.207. The van der Waals surface area contributed by atoms with Gasteiger partial charge in [-0.2, -0.15) is 5.26 Å². The average molecular weight is 331 g/mol. The minimum Gasteiger partial charge on any atom is -0.375 e. The minimum atomic E-state index is -0.207. The van der Waals surface area contributed by atoms with Crippen molar-refractivity contribution in [1.82, 2.24) is 4.98 Å². The Labute approximate surface area is 145 Å². The van der Waals surface area contributed by atoms with Gasteiger partial charge < -0.3 is 10.1 Å². The molecule has 0 saturated carbocycles. The van der Waals surface area contributed by atoms with Gasteiger partial charge in [0.2, 0.25) is 5.91 Å². The summed E-state index contributed by atoms with van der Waals surface area (Å²) in [6.45, 7) is 2.04. The Bertz CT molecular complexity index is 973. The number of hydrogen-bond acceptors (Lipinski definition) is 4. The highest BCUT2D eigenvalue weighted by molar-refractivity contribution is 5.95. The summed E-state index contributed by atoms with van der Waals surface area (Å²) in [6.07, 6.45) is 0. The Morgan fingerprint density at radius 1 is 1.20 bits per heavy atom. The largest absolute Gasteiger partial charge is 0.375 e. The molecule has 3 aromatic rings. The lowest BCUT2D eigenvalue weighted by molar-refractivity contribution is -0.119. The van der Waals surface area contributed by atoms with Gasteiger partial charge in [-0.15, -0.1) is 0 Å². The van der Waals surface area contributed by atoms with Crippen LogP contribution in [0.2, 0.25) is 0 Å². The van der Waals surface area contributed by atoms with Crippen LogP contribution in [-0.2, 0) is 9.53 Å². The first kappa shape index (κ1) is 16.6. The lowest BCUT2D eigenvalue weighted by Gasteiger charge is -2.10. The summed E-state index contributed by atoms with van der Waals surface area (Å²) in [5, 5.41) is 12.7. The van der Waals surface area contributed by atoms with E-state index in [1.54, 1.807) is 12.1 Å². The molecule has 1 heterocycles. The van der Waals surface area contributed by atoms with E-state index in [0.717, 1.165) is 27.7 Å². The predicted octanol–water partition coefficient (Wildman–Crippen LogP) is 3.67. The van der Waals surface area contributed by atoms with Crippen molar-refractivity contribution < 1.29 is 9.53 Å². The van der Waals surface area contributed by atoms with Gasteiger partial charge in [0.15, 0.2) is 0 Å². The fourth-order valence-corrected chi connectivity index (χ4v) is 2.67. The first-order chi connectivity index (χ1) is 12.1. The first-order valence-corrected chi connectivity index (χ1v) is 7.81. The summed E-state index contributed by atoms with van der Waals surface area (Å²) in [5.41, 5.74) is 4.96. The number of pyridine rings is 1. The molecule has 1 aromatic heterocycles. The maximum Gasteiger partial charge on any atom is 0.250 e. The molecule has 124 valence electrons. The Balaban J connectivity index is 2.00. The van der Waals surface area contributed by atoms with E-state index in [9.17, 15) is 4.79 Å². The van der Waals surface area contributed by atoms with Crippen molar-refractivity contribution in [3.05, 3.63) is 59.7 Å². The highest BCUT2D eigenvalue weighted by Gasteiger charge is 2.08. The second-order valence-corrected chi connectivity index (χ2v) is 5.73. The van der Waals surface area contributed by atoms with E-state index in [1.807, 2.05) is 43.3 Å². The van der Waals surface area contributed by atoms with Crippen molar-refractivity contribution in [2.24, 2.45) is 0 Å². The van der Waals surface area contributed by atoms with Crippen LogP contribution in [-0.4, -0.2) is 24.6 Å². The number of aromatic nitrogens is 1. The van der Waals surface area contributed by atoms with Gasteiger partial charge in [-0.05, 0) is 42.8 Å². The van der Waals surface area contributed by atoms with E-state index in [4.69, 9.17) is 15.0 Å². The van der Waals surface area contributed by atoms with Gasteiger partial charge in [0, 0.05) is 23.7 Å². The van der Waals surface area contributed by atoms with Gasteiger partial charge in [0.05, 0.1) is 22.8 Å². The van der Waals surface area contributed by atoms with Crippen molar-refractivity contribution in [2.45, 2.75) is 6.92 Å². The molecule has 0 radical (unpaired) electrons. The van der Waals surface area contributed by atoms with Gasteiger partial charge in [-0.1, -0.05) is 18.2 Å². The Morgan fingerprint density at radius 3 is 2.64 bits per heavy atom. The van der Waals surface area contributed by atoms with E-state index in [1.165, 1.54) is 7.11 Å². The maximum absolute atomic E-state index is 11.7. The summed E-state index contributed by atoms with van der Waals surface area (Å²) in [7, 11) is 1.48. The summed E-state index contributed by atoms with van der Waals surface area (Å²) >= 11 is 0. The van der Waals surface area contributed by atoms with Crippen LogP contribution < -0.4 is 5.32 Å². The summed E-state index contributed by atoms with van der Waals surface area (Å²) in [6, 6.07) is 17.1. The molecule has 1 amide bonds. The fourth-order valence-electron chi connectivity index (χ4n) is 2.67. The fraction of sp³-hybridized carbons (Fsp3) is 0.150. The standard InChI is InChI=1S/C20H17N3O2/c1-13-9-18(15-5-3-14(11-21)4-6-15)23-19-10-16(7-8-17(13)19)22-20(24)12-25-2/h3-10H,12H2,1-2H3,(H,22,24). The average Bonchev–Trinajstić information content (AvgIpc) is 2.61. The quantitative estimate of drug-likeness (QED) is 0.791. The Morgan fingerprint density at radius 2 is 1.96 bits per heavy atom. The van der Waals surface area contributed by atoms with Crippen LogP contribution in [0.4, 0.5) is 5.69 Å². The third-order valence-corrected chi connectivity index (χ3v) is 3.89. The van der Waals surface area contributed by atoms with Crippen LogP contribution in [0.3, 0.4) is 0 Å². The molecule has 0 bridgehead atoms. The Kier molecular flexibility index (Phi) is 4.73. The van der Waals surface area contributed by atoms with Gasteiger partial charge in [0.1, 0.15) is 6.61 Å². The number of aryl methyl sites for hydroxylation is 1. The van der Waals surface area contributed by atoms with E-state index in [-0.39, 0.29) is 12.5 Å². The molecule has 0 aliphatic heterocycles. The zero-order chi connectivity index (χ0) is 17.8. The topological polar surface area (TPSA) is 75.0 Å². The van der Waals surface area contributed by atoms with Crippen LogP contribution in [0.5, 0.6) is 0 Å². The molecular formula is C20H17N3O2. The number of hydrogen-bond donors (Lipinski definition) is 1. The molecule has 2 aromatic carbocycles. The molecule has 0 fully saturated rings. The number of amides is 1. The van der Waals surface area contributed by atoms with Gasteiger partial charge in [-0.25, -0.2) is 4.98 Å². The van der Waals surface area contributed by atoms with E-state index >= 15 is 0 Å². The number of ether oxygens (including phenoxy) is 1. The van der Waals surface area contributed by atoms with Crippen molar-refractivity contribution in [2.75, 3.05) is 19.0 Å². The molecule has 3 rings (SSSR count). The lowest BCUT2D eigenvalue weighted by Crippen LogP contribution is -2.17. The smallest absolute Gasteiger partial charge is 0.250 e. The predicted molar refractivity (Wildman–Crippen MR) is 97.1 cm³/mol. The zero-order valence-corrected chi connectivity index (χ0v) is 14.0. The molecule has 0 spiro atoms. The van der Waals surface area contributed by atoms with E-state index in [0.29, 0.717) is 11.3 Å². The monoisotopic (exact) mass is 331 g/mol. The normalized spacial score (nSPS) is 10.4. The van der Waals surface area contributed by atoms with Crippen molar-refractivity contribution in [3.63, 3.8) is 0 Å². The third kappa shape index (κ3) is 3.65. The van der Waals surface area contributed by atoms with Crippen LogP contribution in [0.15, 0.2) is 48.5 Å². The van der Waals surface area contributed by atoms with Crippen LogP contribution >= 0.6 is 0 Å². The number of benzene rings is 2. The Hall–Kier alpha value is -3.23. The van der Waals surface area contributed by atoms with Crippen molar-refractivity contribution in [3.8, 4) is 17.3 Å². The number of anilines is 1. The summed E-state index contributed by atoms with van der Waals surface area (Å²) in [4.78, 5) is 16.4. The second kappa shape index (κ2) is 7.12. The van der Waals surface area contributed by atoms with Crippen molar-refractivity contribution in [1.29, 1.82) is 5.26 Å². The van der Waals surface area contributed by atoms with Gasteiger partial charge >= 0.3 is 0 Å². The molecule has 5 heteroatoms. The van der Waals surface area contributed by atoms with Gasteiger partial charge in [0.25, 0.3) is 0 Å². The lowest BCUT2D eigenvalue weighted by atomic mass is 10.0. The number of carbonyl (C=O) groups is 1. The highest BCUT2D eigenvalue weighted by atomic mass is 16.5. The van der Waals surface area contributed by atoms with Crippen LogP contribution in [0, 0.1) is 18.3 Å². The number of carbonyl (C=O) groups excluding carboxylic acids is 1. The first-order valence-electron chi connectivity index (χ1n) is 7.81. The molecule has 1 N–H and O–H groups in total. The van der Waals surface area contributed by atoms with Crippen molar-refractivity contribution >= 4 is 22.5 Å². The number of rotatable bonds is 4. The molecule has 0 aliphatic carbocycles. The molecule has 0 aliphatic rings. The minimum absolute atomic E-state index is 0.00970. The number of nitriles is 1. The molecule has 0 saturated heterocycles. The molecule has 5 nitrogen and oxygen atoms in total. The zero-order valence-electron chi connectivity index (χ0n) is 14.0. The molecular weight excluding hydrogens is 314 g/mol. The molecule has 25 heavy (non-hydrogen) atoms. The van der Waals surface area contributed by atoms with Crippen LogP contribution in [0.1, 0.15) is 11.1 Å². The third-order valence-electron chi connectivity index (χ3n) is 3.89. The summed E-state index contributed by atoms with van der Waals surface area (Å²) < 4.78 is 4.83. The molecule has 0 atom stereocenters. The maximum atomic E-state index is 11.7. The number of nitrogens with one attached hydrogen (secondary N) is 1. The SMILES string of the molecule is COCC(=O)Nc1ccc2c(C)cc(-c3ccc(C#N)cc3)nc2c1. The van der Waals surface area contributed by atoms with Crippen LogP contribution in [0.25, 0.3) is 22.2 Å². The van der Waals surface area contributed by atoms with E-state index < -0.39 is 0 Å².